The molecule has 0 aliphatic carbocycles. The topological polar surface area (TPSA) is 37.3 Å². The summed E-state index contributed by atoms with van der Waals surface area (Å²) in [7, 11) is 0. The van der Waals surface area contributed by atoms with E-state index in [-0.39, 0.29) is 4.08 Å². The lowest BCUT2D eigenvalue weighted by molar-refractivity contribution is -0.137. The first kappa shape index (κ1) is 24.2. The molecule has 0 saturated carbocycles. The second kappa shape index (κ2) is 16.6. The molecule has 1 N–H and O–H groups in total. The van der Waals surface area contributed by atoms with E-state index in [4.69, 9.17) is 5.11 Å². The molecule has 0 rings (SSSR count). The van der Waals surface area contributed by atoms with Gasteiger partial charge in [0.2, 0.25) is 0 Å². The minimum atomic E-state index is -0.659. The predicted molar refractivity (Wildman–Crippen MR) is 113 cm³/mol. The summed E-state index contributed by atoms with van der Waals surface area (Å²) in [5, 5.41) is 8.55. The molecule has 24 heavy (non-hydrogen) atoms. The number of rotatable bonds is 18. The molecule has 0 aromatic rings. The van der Waals surface area contributed by atoms with Gasteiger partial charge in [0.25, 0.3) is 0 Å². The van der Waals surface area contributed by atoms with Crippen molar-refractivity contribution in [3.05, 3.63) is 0 Å². The quantitative estimate of drug-likeness (QED) is 0.133. The third-order valence-electron chi connectivity index (χ3n) is 4.54. The molecular weight excluding hydrogens is 336 g/mol. The van der Waals surface area contributed by atoms with Gasteiger partial charge in [-0.3, -0.25) is 4.79 Å². The van der Waals surface area contributed by atoms with Crippen LogP contribution in [-0.4, -0.2) is 15.2 Å². The number of carboxylic acid groups (broad SMARTS) is 1. The molecule has 0 atom stereocenters. The van der Waals surface area contributed by atoms with Crippen LogP contribution >= 0.6 is 25.3 Å². The lowest BCUT2D eigenvalue weighted by Gasteiger charge is -2.15. The minimum absolute atomic E-state index is 0.0987. The number of hydrogen-bond donors (Lipinski definition) is 3. The fraction of sp³-hybridized carbons (Fsp3) is 0.950. The van der Waals surface area contributed by atoms with Crippen LogP contribution in [0, 0.1) is 0 Å². The van der Waals surface area contributed by atoms with Gasteiger partial charge in [-0.25, -0.2) is 0 Å². The smallest absolute Gasteiger partial charge is 0.303 e. The van der Waals surface area contributed by atoms with Crippen LogP contribution in [-0.2, 0) is 4.79 Å². The van der Waals surface area contributed by atoms with Gasteiger partial charge >= 0.3 is 5.97 Å². The molecule has 4 heteroatoms. The highest BCUT2D eigenvalue weighted by atomic mass is 32.2. The highest BCUT2D eigenvalue weighted by Crippen LogP contribution is 2.25. The van der Waals surface area contributed by atoms with Crippen LogP contribution in [0.4, 0.5) is 0 Å². The summed E-state index contributed by atoms with van der Waals surface area (Å²) in [6.45, 7) is 2.07. The van der Waals surface area contributed by atoms with Crippen molar-refractivity contribution in [1.82, 2.24) is 0 Å². The summed E-state index contributed by atoms with van der Waals surface area (Å²) in [4.78, 5) is 10.4. The van der Waals surface area contributed by atoms with E-state index in [9.17, 15) is 4.79 Å². The summed E-state index contributed by atoms with van der Waals surface area (Å²) in [6.07, 6.45) is 20.8. The van der Waals surface area contributed by atoms with Crippen LogP contribution in [0.5, 0.6) is 0 Å². The van der Waals surface area contributed by atoms with E-state index in [1.165, 1.54) is 83.5 Å². The van der Waals surface area contributed by atoms with Gasteiger partial charge in [0.15, 0.2) is 0 Å². The van der Waals surface area contributed by atoms with E-state index < -0.39 is 5.97 Å². The van der Waals surface area contributed by atoms with E-state index in [0.717, 1.165) is 19.3 Å². The van der Waals surface area contributed by atoms with E-state index in [2.05, 4.69) is 32.2 Å². The number of unbranched alkanes of at least 4 members (excludes halogenated alkanes) is 14. The molecule has 0 aliphatic rings. The number of carbonyl (C=O) groups is 1. The zero-order valence-corrected chi connectivity index (χ0v) is 17.6. The van der Waals surface area contributed by atoms with E-state index in [1.807, 2.05) is 0 Å². The molecule has 0 unspecified atom stereocenters. The molecule has 0 fully saturated rings. The standard InChI is InChI=1S/C20H40O2S2/c1-20(23,24)18-16-14-12-10-8-6-4-2-3-5-7-9-11-13-15-17-19(21)22/h23-24H,2-18H2,1H3,(H,21,22). The summed E-state index contributed by atoms with van der Waals surface area (Å²) in [5.41, 5.74) is 0. The van der Waals surface area contributed by atoms with Crippen molar-refractivity contribution >= 4 is 31.2 Å². The number of aliphatic carboxylic acids is 1. The first-order chi connectivity index (χ1) is 11.4. The maximum absolute atomic E-state index is 10.4. The Hall–Kier alpha value is 0.170. The zero-order chi connectivity index (χ0) is 18.1. The molecular formula is C20H40O2S2. The van der Waals surface area contributed by atoms with Crippen molar-refractivity contribution in [1.29, 1.82) is 0 Å². The van der Waals surface area contributed by atoms with Crippen LogP contribution in [0.2, 0.25) is 0 Å². The van der Waals surface area contributed by atoms with Gasteiger partial charge < -0.3 is 5.11 Å². The zero-order valence-electron chi connectivity index (χ0n) is 15.8. The van der Waals surface area contributed by atoms with Gasteiger partial charge in [0.05, 0.1) is 4.08 Å². The Kier molecular flexibility index (Phi) is 16.7. The first-order valence-electron chi connectivity index (χ1n) is 10.1. The van der Waals surface area contributed by atoms with Gasteiger partial charge in [-0.15, -0.1) is 0 Å². The van der Waals surface area contributed by atoms with Crippen LogP contribution < -0.4 is 0 Å². The molecule has 2 nitrogen and oxygen atoms in total. The van der Waals surface area contributed by atoms with Crippen molar-refractivity contribution in [2.24, 2.45) is 0 Å². The molecule has 0 bridgehead atoms. The third-order valence-corrected chi connectivity index (χ3v) is 4.99. The Labute approximate surface area is 161 Å². The van der Waals surface area contributed by atoms with E-state index in [0.29, 0.717) is 6.42 Å². The Morgan fingerprint density at radius 3 is 1.25 bits per heavy atom. The Morgan fingerprint density at radius 1 is 0.667 bits per heavy atom. The fourth-order valence-electron chi connectivity index (χ4n) is 3.03. The van der Waals surface area contributed by atoms with Crippen LogP contribution in [0.25, 0.3) is 0 Å². The first-order valence-corrected chi connectivity index (χ1v) is 11.0. The minimum Gasteiger partial charge on any atom is -0.481 e. The van der Waals surface area contributed by atoms with Crippen molar-refractivity contribution in [2.45, 2.75) is 120 Å². The Bertz CT molecular complexity index is 288. The number of carboxylic acids is 1. The summed E-state index contributed by atoms with van der Waals surface area (Å²) in [6, 6.07) is 0. The lowest BCUT2D eigenvalue weighted by Crippen LogP contribution is -2.05. The van der Waals surface area contributed by atoms with Crippen LogP contribution in [0.15, 0.2) is 0 Å². The Morgan fingerprint density at radius 2 is 0.958 bits per heavy atom. The van der Waals surface area contributed by atoms with Crippen molar-refractivity contribution in [2.75, 3.05) is 0 Å². The predicted octanol–water partition coefficient (Wildman–Crippen LogP) is 7.28. The molecule has 0 aliphatic heterocycles. The summed E-state index contributed by atoms with van der Waals surface area (Å²) in [5.74, 6) is -0.659. The van der Waals surface area contributed by atoms with Gasteiger partial charge in [-0.1, -0.05) is 89.9 Å². The molecule has 0 heterocycles. The molecule has 0 saturated heterocycles. The number of hydrogen-bond acceptors (Lipinski definition) is 3. The fourth-order valence-corrected chi connectivity index (χ4v) is 3.35. The van der Waals surface area contributed by atoms with Crippen molar-refractivity contribution in [3.8, 4) is 0 Å². The molecule has 0 spiro atoms. The Balaban J connectivity index is 3.04. The summed E-state index contributed by atoms with van der Waals surface area (Å²) < 4.78 is -0.0987. The van der Waals surface area contributed by atoms with Crippen LogP contribution in [0.3, 0.4) is 0 Å². The SMILES string of the molecule is CC(S)(S)CCCCCCCCCCCCCCCCCC(=O)O. The lowest BCUT2D eigenvalue weighted by atomic mass is 10.0. The van der Waals surface area contributed by atoms with Crippen LogP contribution in [0.1, 0.15) is 116 Å². The highest BCUT2D eigenvalue weighted by Gasteiger charge is 2.10. The highest BCUT2D eigenvalue weighted by molar-refractivity contribution is 8.00. The molecule has 0 aromatic carbocycles. The maximum Gasteiger partial charge on any atom is 0.303 e. The van der Waals surface area contributed by atoms with Gasteiger partial charge in [0.1, 0.15) is 0 Å². The average molecular weight is 377 g/mol. The summed E-state index contributed by atoms with van der Waals surface area (Å²) >= 11 is 8.86. The molecule has 0 radical (unpaired) electrons. The molecule has 0 amide bonds. The third kappa shape index (κ3) is 22.2. The van der Waals surface area contributed by atoms with Gasteiger partial charge in [0, 0.05) is 6.42 Å². The second-order valence-corrected chi connectivity index (χ2v) is 9.74. The molecule has 144 valence electrons. The van der Waals surface area contributed by atoms with E-state index in [1.54, 1.807) is 0 Å². The van der Waals surface area contributed by atoms with Gasteiger partial charge in [-0.05, 0) is 19.8 Å². The largest absolute Gasteiger partial charge is 0.481 e. The number of thiol groups is 2. The normalized spacial score (nSPS) is 11.8. The van der Waals surface area contributed by atoms with Crippen molar-refractivity contribution < 1.29 is 9.90 Å². The second-order valence-electron chi connectivity index (χ2n) is 7.41. The average Bonchev–Trinajstić information content (AvgIpc) is 2.49. The van der Waals surface area contributed by atoms with E-state index >= 15 is 0 Å². The molecule has 0 aromatic heterocycles. The maximum atomic E-state index is 10.4. The van der Waals surface area contributed by atoms with Crippen molar-refractivity contribution in [3.63, 3.8) is 0 Å². The monoisotopic (exact) mass is 376 g/mol. The van der Waals surface area contributed by atoms with Gasteiger partial charge in [-0.2, -0.15) is 25.3 Å².